The molecule has 0 aliphatic rings. The molecule has 1 atom stereocenters. The van der Waals surface area contributed by atoms with Crippen molar-refractivity contribution >= 4 is 11.6 Å². The number of nitrogens with two attached hydrogens (primary N) is 1. The largest absolute Gasteiger partial charge is 0.494 e. The summed E-state index contributed by atoms with van der Waals surface area (Å²) in [6, 6.07) is 8.50. The molecule has 3 nitrogen and oxygen atoms in total. The van der Waals surface area contributed by atoms with Gasteiger partial charge in [0.2, 0.25) is 0 Å². The van der Waals surface area contributed by atoms with E-state index in [9.17, 15) is 8.78 Å². The zero-order chi connectivity index (χ0) is 15.4. The predicted octanol–water partition coefficient (Wildman–Crippen LogP) is 3.37. The van der Waals surface area contributed by atoms with E-state index < -0.39 is 17.7 Å². The summed E-state index contributed by atoms with van der Waals surface area (Å²) in [7, 11) is 1.39. The van der Waals surface area contributed by atoms with Crippen molar-refractivity contribution in [2.75, 3.05) is 7.11 Å². The number of nitrogens with one attached hydrogen (secondary N) is 1. The first-order valence-electron chi connectivity index (χ1n) is 6.29. The summed E-state index contributed by atoms with van der Waals surface area (Å²) in [4.78, 5) is 0. The van der Waals surface area contributed by atoms with Crippen LogP contribution < -0.4 is 16.0 Å². The van der Waals surface area contributed by atoms with E-state index in [4.69, 9.17) is 22.2 Å². The van der Waals surface area contributed by atoms with Crippen LogP contribution in [0.3, 0.4) is 0 Å². The lowest BCUT2D eigenvalue weighted by Gasteiger charge is -2.18. The molecule has 0 heterocycles. The molecule has 2 rings (SSSR count). The molecule has 2 aromatic rings. The summed E-state index contributed by atoms with van der Waals surface area (Å²) in [5.74, 6) is 4.65. The van der Waals surface area contributed by atoms with Gasteiger partial charge in [-0.15, -0.1) is 0 Å². The molecule has 0 radical (unpaired) electrons. The van der Waals surface area contributed by atoms with Crippen LogP contribution in [0, 0.1) is 11.6 Å². The van der Waals surface area contributed by atoms with Crippen molar-refractivity contribution in [2.24, 2.45) is 5.84 Å². The van der Waals surface area contributed by atoms with Crippen LogP contribution in [0.15, 0.2) is 36.4 Å². The van der Waals surface area contributed by atoms with Gasteiger partial charge in [-0.1, -0.05) is 29.8 Å². The molecule has 3 N–H and O–H groups in total. The Hall–Kier alpha value is -1.69. The molecule has 0 fully saturated rings. The zero-order valence-electron chi connectivity index (χ0n) is 11.4. The van der Waals surface area contributed by atoms with Crippen LogP contribution >= 0.6 is 11.6 Å². The molecule has 0 bridgehead atoms. The molecule has 0 saturated heterocycles. The molecule has 0 aliphatic heterocycles. The maximum atomic E-state index is 14.1. The first kappa shape index (κ1) is 15.7. The lowest BCUT2D eigenvalue weighted by atomic mass is 9.98. The summed E-state index contributed by atoms with van der Waals surface area (Å²) in [6.45, 7) is 0. The number of ether oxygens (including phenoxy) is 1. The van der Waals surface area contributed by atoms with Crippen molar-refractivity contribution in [3.8, 4) is 5.75 Å². The Labute approximate surface area is 126 Å². The SMILES string of the molecule is COc1cccc(CC(NN)c2ccc(Cl)cc2F)c1F. The molecule has 0 amide bonds. The summed E-state index contributed by atoms with van der Waals surface area (Å²) in [5.41, 5.74) is 3.21. The van der Waals surface area contributed by atoms with Gasteiger partial charge in [0, 0.05) is 10.6 Å². The van der Waals surface area contributed by atoms with Crippen molar-refractivity contribution in [1.82, 2.24) is 5.43 Å². The monoisotopic (exact) mass is 312 g/mol. The number of hydrogen-bond acceptors (Lipinski definition) is 3. The Morgan fingerprint density at radius 3 is 2.67 bits per heavy atom. The van der Waals surface area contributed by atoms with Crippen molar-refractivity contribution < 1.29 is 13.5 Å². The van der Waals surface area contributed by atoms with Gasteiger partial charge >= 0.3 is 0 Å². The highest BCUT2D eigenvalue weighted by atomic mass is 35.5. The molecule has 21 heavy (non-hydrogen) atoms. The Kier molecular flexibility index (Phi) is 5.12. The van der Waals surface area contributed by atoms with Crippen molar-refractivity contribution in [3.63, 3.8) is 0 Å². The zero-order valence-corrected chi connectivity index (χ0v) is 12.1. The van der Waals surface area contributed by atoms with Crippen LogP contribution in [0.1, 0.15) is 17.2 Å². The summed E-state index contributed by atoms with van der Waals surface area (Å²) >= 11 is 5.72. The Morgan fingerprint density at radius 2 is 2.05 bits per heavy atom. The highest BCUT2D eigenvalue weighted by Crippen LogP contribution is 2.27. The number of rotatable bonds is 5. The van der Waals surface area contributed by atoms with E-state index in [1.165, 1.54) is 25.3 Å². The third kappa shape index (κ3) is 3.50. The average molecular weight is 313 g/mol. The quantitative estimate of drug-likeness (QED) is 0.657. The topological polar surface area (TPSA) is 47.3 Å². The highest BCUT2D eigenvalue weighted by molar-refractivity contribution is 6.30. The summed E-state index contributed by atoms with van der Waals surface area (Å²) in [5, 5.41) is 0.291. The molecular formula is C15H15ClF2N2O. The van der Waals surface area contributed by atoms with Gasteiger partial charge in [-0.3, -0.25) is 11.3 Å². The van der Waals surface area contributed by atoms with E-state index in [1.807, 2.05) is 0 Å². The van der Waals surface area contributed by atoms with E-state index in [1.54, 1.807) is 18.2 Å². The lowest BCUT2D eigenvalue weighted by Crippen LogP contribution is -2.30. The van der Waals surface area contributed by atoms with E-state index in [0.717, 1.165) is 0 Å². The smallest absolute Gasteiger partial charge is 0.168 e. The number of hydrogen-bond donors (Lipinski definition) is 2. The van der Waals surface area contributed by atoms with Crippen molar-refractivity contribution in [2.45, 2.75) is 12.5 Å². The molecule has 112 valence electrons. The van der Waals surface area contributed by atoms with Gasteiger partial charge in [0.15, 0.2) is 11.6 Å². The van der Waals surface area contributed by atoms with E-state index in [2.05, 4.69) is 5.43 Å². The number of hydrazine groups is 1. The van der Waals surface area contributed by atoms with Crippen LogP contribution in [0.4, 0.5) is 8.78 Å². The fourth-order valence-electron chi connectivity index (χ4n) is 2.13. The number of benzene rings is 2. The summed E-state index contributed by atoms with van der Waals surface area (Å²) in [6.07, 6.45) is 0.179. The maximum Gasteiger partial charge on any atom is 0.168 e. The van der Waals surface area contributed by atoms with Crippen LogP contribution in [0.2, 0.25) is 5.02 Å². The van der Waals surface area contributed by atoms with Gasteiger partial charge in [-0.05, 0) is 30.2 Å². The third-order valence-corrected chi connectivity index (χ3v) is 3.46. The van der Waals surface area contributed by atoms with Crippen LogP contribution in [-0.4, -0.2) is 7.11 Å². The molecule has 0 aliphatic carbocycles. The average Bonchev–Trinajstić information content (AvgIpc) is 2.47. The molecule has 2 aromatic carbocycles. The Morgan fingerprint density at radius 1 is 1.29 bits per heavy atom. The second-order valence-corrected chi connectivity index (χ2v) is 4.96. The third-order valence-electron chi connectivity index (χ3n) is 3.23. The van der Waals surface area contributed by atoms with E-state index in [-0.39, 0.29) is 12.2 Å². The van der Waals surface area contributed by atoms with Crippen LogP contribution in [0.5, 0.6) is 5.75 Å². The van der Waals surface area contributed by atoms with Gasteiger partial charge in [-0.25, -0.2) is 8.78 Å². The van der Waals surface area contributed by atoms with Crippen LogP contribution in [-0.2, 0) is 6.42 Å². The van der Waals surface area contributed by atoms with E-state index >= 15 is 0 Å². The molecule has 0 saturated carbocycles. The minimum atomic E-state index is -0.580. The Bertz CT molecular complexity index is 637. The van der Waals surface area contributed by atoms with Gasteiger partial charge in [0.1, 0.15) is 5.82 Å². The molecule has 0 spiro atoms. The van der Waals surface area contributed by atoms with Crippen molar-refractivity contribution in [1.29, 1.82) is 0 Å². The Balaban J connectivity index is 2.31. The van der Waals surface area contributed by atoms with Crippen molar-refractivity contribution in [3.05, 3.63) is 64.2 Å². The molecule has 6 heteroatoms. The lowest BCUT2D eigenvalue weighted by molar-refractivity contribution is 0.382. The highest BCUT2D eigenvalue weighted by Gasteiger charge is 2.18. The molecule has 0 aromatic heterocycles. The normalized spacial score (nSPS) is 12.2. The maximum absolute atomic E-state index is 14.1. The van der Waals surface area contributed by atoms with Crippen LogP contribution in [0.25, 0.3) is 0 Å². The van der Waals surface area contributed by atoms with Gasteiger partial charge in [0.25, 0.3) is 0 Å². The first-order valence-corrected chi connectivity index (χ1v) is 6.67. The first-order chi connectivity index (χ1) is 10.1. The predicted molar refractivity (Wildman–Crippen MR) is 78.1 cm³/mol. The standard InChI is InChI=1S/C15H15ClF2N2O/c1-21-14-4-2-3-9(15(14)18)7-13(20-19)11-6-5-10(16)8-12(11)17/h2-6,8,13,20H,7,19H2,1H3. The number of halogens is 3. The molecule has 1 unspecified atom stereocenters. The summed E-state index contributed by atoms with van der Waals surface area (Å²) < 4.78 is 33.0. The fourth-order valence-corrected chi connectivity index (χ4v) is 2.29. The number of methoxy groups -OCH3 is 1. The minimum Gasteiger partial charge on any atom is -0.494 e. The van der Waals surface area contributed by atoms with Gasteiger partial charge < -0.3 is 4.74 Å². The fraction of sp³-hybridized carbons (Fsp3) is 0.200. The van der Waals surface area contributed by atoms with E-state index in [0.29, 0.717) is 16.1 Å². The van der Waals surface area contributed by atoms with Gasteiger partial charge in [-0.2, -0.15) is 0 Å². The van der Waals surface area contributed by atoms with Gasteiger partial charge in [0.05, 0.1) is 13.2 Å². The molecular weight excluding hydrogens is 298 g/mol. The second-order valence-electron chi connectivity index (χ2n) is 4.52. The second kappa shape index (κ2) is 6.85. The minimum absolute atomic E-state index is 0.139.